The molecule has 13 heavy (non-hydrogen) atoms. The second kappa shape index (κ2) is 3.09. The molecule has 0 aliphatic carbocycles. The maximum Gasteiger partial charge on any atom is 0.282 e. The summed E-state index contributed by atoms with van der Waals surface area (Å²) in [5.41, 5.74) is 7.80. The first-order chi connectivity index (χ1) is 6.25. The molecule has 1 heterocycles. The van der Waals surface area contributed by atoms with Gasteiger partial charge in [-0.05, 0) is 12.5 Å². The molecule has 0 fully saturated rings. The number of ether oxygens (including phenoxy) is 1. The molecule has 0 bridgehead atoms. The van der Waals surface area contributed by atoms with Crippen molar-refractivity contribution >= 4 is 6.02 Å². The molecule has 1 unspecified atom stereocenters. The maximum absolute atomic E-state index is 5.42. The third-order valence-electron chi connectivity index (χ3n) is 2.13. The standard InChI is InChI=1S/C10H12N2O/c1-7-2-4-8(5-3-7)9-6-12-10(11)13-9/h2-5,9H,6H2,1H3,(H2,11,12). The molecule has 68 valence electrons. The number of nitrogens with two attached hydrogens (primary N) is 1. The van der Waals surface area contributed by atoms with Gasteiger partial charge in [0.25, 0.3) is 6.02 Å². The minimum absolute atomic E-state index is 0.0144. The lowest BCUT2D eigenvalue weighted by Crippen LogP contribution is -2.12. The number of aliphatic imine (C=N–C) groups is 1. The second-order valence-corrected chi connectivity index (χ2v) is 3.20. The first kappa shape index (κ1) is 8.10. The van der Waals surface area contributed by atoms with Crippen LogP contribution in [0.4, 0.5) is 0 Å². The molecule has 0 aromatic heterocycles. The zero-order valence-electron chi connectivity index (χ0n) is 7.53. The third kappa shape index (κ3) is 1.64. The van der Waals surface area contributed by atoms with Crippen molar-refractivity contribution in [1.29, 1.82) is 0 Å². The maximum atomic E-state index is 5.42. The summed E-state index contributed by atoms with van der Waals surface area (Å²) in [6, 6.07) is 8.52. The Morgan fingerprint density at radius 3 is 2.62 bits per heavy atom. The van der Waals surface area contributed by atoms with E-state index in [1.54, 1.807) is 0 Å². The summed E-state index contributed by atoms with van der Waals surface area (Å²) in [6.45, 7) is 2.69. The first-order valence-electron chi connectivity index (χ1n) is 4.29. The van der Waals surface area contributed by atoms with Gasteiger partial charge in [0.2, 0.25) is 0 Å². The minimum atomic E-state index is 0.0144. The van der Waals surface area contributed by atoms with Gasteiger partial charge >= 0.3 is 0 Å². The van der Waals surface area contributed by atoms with Crippen molar-refractivity contribution in [3.05, 3.63) is 35.4 Å². The zero-order valence-corrected chi connectivity index (χ0v) is 7.53. The summed E-state index contributed by atoms with van der Waals surface area (Å²) >= 11 is 0. The smallest absolute Gasteiger partial charge is 0.282 e. The summed E-state index contributed by atoms with van der Waals surface area (Å²) < 4.78 is 5.31. The van der Waals surface area contributed by atoms with E-state index in [9.17, 15) is 0 Å². The topological polar surface area (TPSA) is 47.6 Å². The van der Waals surface area contributed by atoms with Crippen LogP contribution in [0.3, 0.4) is 0 Å². The van der Waals surface area contributed by atoms with Gasteiger partial charge in [-0.25, -0.2) is 4.99 Å². The van der Waals surface area contributed by atoms with Crippen LogP contribution in [0.15, 0.2) is 29.3 Å². The molecule has 1 aliphatic heterocycles. The molecule has 3 nitrogen and oxygen atoms in total. The highest BCUT2D eigenvalue weighted by Gasteiger charge is 2.18. The number of nitrogens with zero attached hydrogens (tertiary/aromatic N) is 1. The lowest BCUT2D eigenvalue weighted by atomic mass is 10.1. The number of rotatable bonds is 1. The average Bonchev–Trinajstić information content (AvgIpc) is 2.53. The van der Waals surface area contributed by atoms with Crippen LogP contribution in [0, 0.1) is 6.92 Å². The Morgan fingerprint density at radius 1 is 1.38 bits per heavy atom. The van der Waals surface area contributed by atoms with Gasteiger partial charge < -0.3 is 10.5 Å². The lowest BCUT2D eigenvalue weighted by Gasteiger charge is -2.09. The van der Waals surface area contributed by atoms with Crippen molar-refractivity contribution < 1.29 is 4.74 Å². The quantitative estimate of drug-likeness (QED) is 0.702. The van der Waals surface area contributed by atoms with Gasteiger partial charge in [0, 0.05) is 0 Å². The highest BCUT2D eigenvalue weighted by Crippen LogP contribution is 2.21. The van der Waals surface area contributed by atoms with Gasteiger partial charge in [-0.1, -0.05) is 29.8 Å². The lowest BCUT2D eigenvalue weighted by molar-refractivity contribution is 0.226. The minimum Gasteiger partial charge on any atom is -0.455 e. The van der Waals surface area contributed by atoms with Crippen molar-refractivity contribution in [3.63, 3.8) is 0 Å². The van der Waals surface area contributed by atoms with E-state index in [0.29, 0.717) is 12.6 Å². The molecule has 0 amide bonds. The van der Waals surface area contributed by atoms with Crippen LogP contribution < -0.4 is 5.73 Å². The molecule has 0 saturated heterocycles. The molecule has 3 heteroatoms. The molecule has 0 radical (unpaired) electrons. The van der Waals surface area contributed by atoms with E-state index in [1.165, 1.54) is 5.56 Å². The Kier molecular flexibility index (Phi) is 1.93. The molecule has 0 saturated carbocycles. The first-order valence-corrected chi connectivity index (χ1v) is 4.29. The number of hydrogen-bond acceptors (Lipinski definition) is 3. The fourth-order valence-electron chi connectivity index (χ4n) is 1.35. The monoisotopic (exact) mass is 176 g/mol. The molecule has 1 aromatic rings. The van der Waals surface area contributed by atoms with Gasteiger partial charge in [0.05, 0.1) is 6.54 Å². The Balaban J connectivity index is 2.14. The van der Waals surface area contributed by atoms with E-state index in [4.69, 9.17) is 10.5 Å². The Hall–Kier alpha value is -1.51. The summed E-state index contributed by atoms with van der Waals surface area (Å²) in [5, 5.41) is 0. The van der Waals surface area contributed by atoms with Crippen molar-refractivity contribution in [2.24, 2.45) is 10.7 Å². The number of aryl methyl sites for hydroxylation is 1. The van der Waals surface area contributed by atoms with Crippen molar-refractivity contribution in [2.45, 2.75) is 13.0 Å². The summed E-state index contributed by atoms with van der Waals surface area (Å²) in [4.78, 5) is 3.99. The Bertz CT molecular complexity index is 329. The molecule has 2 rings (SSSR count). The normalized spacial score (nSPS) is 21.0. The predicted octanol–water partition coefficient (Wildman–Crippen LogP) is 1.38. The zero-order chi connectivity index (χ0) is 9.26. The number of benzene rings is 1. The van der Waals surface area contributed by atoms with E-state index >= 15 is 0 Å². The van der Waals surface area contributed by atoms with Crippen LogP contribution >= 0.6 is 0 Å². The fourth-order valence-corrected chi connectivity index (χ4v) is 1.35. The molecular weight excluding hydrogens is 164 g/mol. The van der Waals surface area contributed by atoms with E-state index in [-0.39, 0.29) is 6.10 Å². The Morgan fingerprint density at radius 2 is 2.08 bits per heavy atom. The van der Waals surface area contributed by atoms with Gasteiger partial charge in [0.1, 0.15) is 6.10 Å². The number of amidine groups is 1. The summed E-state index contributed by atoms with van der Waals surface area (Å²) in [7, 11) is 0. The molecule has 0 spiro atoms. The van der Waals surface area contributed by atoms with Crippen LogP contribution in [0.25, 0.3) is 0 Å². The van der Waals surface area contributed by atoms with E-state index in [0.717, 1.165) is 5.56 Å². The molecule has 1 aliphatic rings. The van der Waals surface area contributed by atoms with Crippen LogP contribution in [0.2, 0.25) is 0 Å². The Labute approximate surface area is 77.2 Å². The SMILES string of the molecule is Cc1ccc(C2CN=C(N)O2)cc1. The van der Waals surface area contributed by atoms with E-state index in [2.05, 4.69) is 24.0 Å². The highest BCUT2D eigenvalue weighted by atomic mass is 16.5. The van der Waals surface area contributed by atoms with Crippen LogP contribution in [0.5, 0.6) is 0 Å². The predicted molar refractivity (Wildman–Crippen MR) is 51.5 cm³/mol. The second-order valence-electron chi connectivity index (χ2n) is 3.20. The van der Waals surface area contributed by atoms with Crippen molar-refractivity contribution in [1.82, 2.24) is 0 Å². The highest BCUT2D eigenvalue weighted by molar-refractivity contribution is 5.73. The summed E-state index contributed by atoms with van der Waals surface area (Å²) in [6.07, 6.45) is 0.0144. The molecule has 1 aromatic carbocycles. The van der Waals surface area contributed by atoms with E-state index < -0.39 is 0 Å². The van der Waals surface area contributed by atoms with Crippen LogP contribution in [-0.4, -0.2) is 12.6 Å². The largest absolute Gasteiger partial charge is 0.455 e. The third-order valence-corrected chi connectivity index (χ3v) is 2.13. The molecule has 1 atom stereocenters. The number of hydrogen-bond donors (Lipinski definition) is 1. The van der Waals surface area contributed by atoms with Crippen molar-refractivity contribution in [3.8, 4) is 0 Å². The van der Waals surface area contributed by atoms with Gasteiger partial charge in [-0.3, -0.25) is 0 Å². The van der Waals surface area contributed by atoms with Crippen LogP contribution in [0.1, 0.15) is 17.2 Å². The van der Waals surface area contributed by atoms with Gasteiger partial charge in [0.15, 0.2) is 0 Å². The van der Waals surface area contributed by atoms with Gasteiger partial charge in [-0.15, -0.1) is 0 Å². The van der Waals surface area contributed by atoms with Crippen molar-refractivity contribution in [2.75, 3.05) is 6.54 Å². The van der Waals surface area contributed by atoms with Crippen LogP contribution in [-0.2, 0) is 4.74 Å². The fraction of sp³-hybridized carbons (Fsp3) is 0.300. The van der Waals surface area contributed by atoms with Gasteiger partial charge in [-0.2, -0.15) is 0 Å². The molecular formula is C10H12N2O. The average molecular weight is 176 g/mol. The summed E-state index contributed by atoms with van der Waals surface area (Å²) in [5.74, 6) is 0. The molecule has 2 N–H and O–H groups in total. The van der Waals surface area contributed by atoms with E-state index in [1.807, 2.05) is 12.1 Å².